The number of nitrogens with zero attached hydrogens (tertiary/aromatic N) is 3. The number of nitrogen functional groups attached to an aromatic ring is 1. The fourth-order valence-electron chi connectivity index (χ4n) is 1.77. The number of anilines is 1. The smallest absolute Gasteiger partial charge is 0.170 e. The number of aromatic nitrogens is 3. The van der Waals surface area contributed by atoms with Crippen molar-refractivity contribution < 1.29 is 0 Å². The van der Waals surface area contributed by atoms with Crippen LogP contribution in [0.5, 0.6) is 0 Å². The molecule has 0 aliphatic rings. The van der Waals surface area contributed by atoms with Crippen molar-refractivity contribution in [2.24, 2.45) is 0 Å². The molecule has 90 valence electrons. The van der Waals surface area contributed by atoms with Gasteiger partial charge in [0.05, 0.1) is 0 Å². The number of nitrogens with two attached hydrogens (primary N) is 1. The molecule has 0 unspecified atom stereocenters. The number of benzene rings is 1. The Morgan fingerprint density at radius 1 is 1.00 bits per heavy atom. The first kappa shape index (κ1) is 11.7. The van der Waals surface area contributed by atoms with E-state index in [1.807, 2.05) is 40.9 Å². The molecule has 0 aliphatic heterocycles. The van der Waals surface area contributed by atoms with E-state index in [0.29, 0.717) is 5.69 Å². The van der Waals surface area contributed by atoms with Gasteiger partial charge in [0, 0.05) is 26.4 Å². The van der Waals surface area contributed by atoms with Gasteiger partial charge in [-0.2, -0.15) is 0 Å². The molecule has 0 spiro atoms. The van der Waals surface area contributed by atoms with Crippen LogP contribution in [0, 0.1) is 0 Å². The van der Waals surface area contributed by atoms with Crippen LogP contribution in [0.3, 0.4) is 0 Å². The van der Waals surface area contributed by atoms with Gasteiger partial charge in [-0.1, -0.05) is 15.9 Å². The highest BCUT2D eigenvalue weighted by Gasteiger charge is 2.11. The van der Waals surface area contributed by atoms with E-state index in [2.05, 4.69) is 42.1 Å². The summed E-state index contributed by atoms with van der Waals surface area (Å²) in [5.41, 5.74) is 8.31. The van der Waals surface area contributed by atoms with Crippen LogP contribution in [-0.2, 0) is 0 Å². The Bertz CT molecular complexity index is 736. The van der Waals surface area contributed by atoms with Crippen molar-refractivity contribution in [2.45, 2.75) is 0 Å². The standard InChI is InChI=1S/C12H8Br2N4/c13-7-1-3-10(15)9(5-7)12-17-16-11-4-2-8(14)6-18(11)12/h1-6H,15H2. The first-order valence-corrected chi connectivity index (χ1v) is 6.79. The molecule has 2 heterocycles. The van der Waals surface area contributed by atoms with E-state index in [1.165, 1.54) is 0 Å². The number of fused-ring (bicyclic) bond motifs is 1. The second kappa shape index (κ2) is 4.37. The van der Waals surface area contributed by atoms with Gasteiger partial charge < -0.3 is 5.73 Å². The fraction of sp³-hybridized carbons (Fsp3) is 0. The lowest BCUT2D eigenvalue weighted by Crippen LogP contribution is -1.94. The lowest BCUT2D eigenvalue weighted by Gasteiger charge is -2.05. The van der Waals surface area contributed by atoms with E-state index in [4.69, 9.17) is 5.73 Å². The van der Waals surface area contributed by atoms with Crippen molar-refractivity contribution in [2.75, 3.05) is 5.73 Å². The summed E-state index contributed by atoms with van der Waals surface area (Å²) in [6.45, 7) is 0. The van der Waals surface area contributed by atoms with E-state index < -0.39 is 0 Å². The summed E-state index contributed by atoms with van der Waals surface area (Å²) in [6.07, 6.45) is 1.92. The summed E-state index contributed by atoms with van der Waals surface area (Å²) in [6, 6.07) is 9.51. The zero-order chi connectivity index (χ0) is 12.7. The third-order valence-corrected chi connectivity index (χ3v) is 3.58. The summed E-state index contributed by atoms with van der Waals surface area (Å²) in [7, 11) is 0. The molecule has 0 atom stereocenters. The predicted octanol–water partition coefficient (Wildman–Crippen LogP) is 3.50. The molecule has 1 aromatic carbocycles. The highest BCUT2D eigenvalue weighted by Crippen LogP contribution is 2.28. The average Bonchev–Trinajstić information content (AvgIpc) is 2.75. The Hall–Kier alpha value is -1.40. The van der Waals surface area contributed by atoms with E-state index in [-0.39, 0.29) is 0 Å². The van der Waals surface area contributed by atoms with Crippen LogP contribution >= 0.6 is 31.9 Å². The molecule has 0 fully saturated rings. The van der Waals surface area contributed by atoms with Crippen molar-refractivity contribution in [3.8, 4) is 11.4 Å². The summed E-state index contributed by atoms with van der Waals surface area (Å²) in [5, 5.41) is 8.33. The molecule has 2 N–H and O–H groups in total. The van der Waals surface area contributed by atoms with Crippen molar-refractivity contribution in [1.29, 1.82) is 0 Å². The zero-order valence-corrected chi connectivity index (χ0v) is 12.3. The molecule has 0 radical (unpaired) electrons. The van der Waals surface area contributed by atoms with Gasteiger partial charge in [0.2, 0.25) is 0 Å². The SMILES string of the molecule is Nc1ccc(Br)cc1-c1nnc2ccc(Br)cn12. The summed E-state index contributed by atoms with van der Waals surface area (Å²) in [5.74, 6) is 0.727. The molecule has 0 saturated carbocycles. The minimum absolute atomic E-state index is 0.674. The maximum absolute atomic E-state index is 6.00. The molecule has 18 heavy (non-hydrogen) atoms. The van der Waals surface area contributed by atoms with Crippen molar-refractivity contribution in [3.63, 3.8) is 0 Å². The van der Waals surface area contributed by atoms with Crippen LogP contribution in [0.1, 0.15) is 0 Å². The van der Waals surface area contributed by atoms with E-state index >= 15 is 0 Å². The quantitative estimate of drug-likeness (QED) is 0.669. The maximum Gasteiger partial charge on any atom is 0.170 e. The van der Waals surface area contributed by atoms with Gasteiger partial charge >= 0.3 is 0 Å². The monoisotopic (exact) mass is 366 g/mol. The van der Waals surface area contributed by atoms with Crippen molar-refractivity contribution in [1.82, 2.24) is 14.6 Å². The fourth-order valence-corrected chi connectivity index (χ4v) is 2.47. The molecule has 2 aromatic heterocycles. The second-order valence-electron chi connectivity index (χ2n) is 3.83. The maximum atomic E-state index is 6.00. The second-order valence-corrected chi connectivity index (χ2v) is 5.66. The number of rotatable bonds is 1. The number of halogens is 2. The molecule has 0 saturated heterocycles. The largest absolute Gasteiger partial charge is 0.398 e. The molecule has 3 rings (SSSR count). The lowest BCUT2D eigenvalue weighted by atomic mass is 10.1. The Balaban J connectivity index is 2.31. The van der Waals surface area contributed by atoms with Crippen molar-refractivity contribution >= 4 is 43.2 Å². The van der Waals surface area contributed by atoms with Gasteiger partial charge in [0.25, 0.3) is 0 Å². The first-order chi connectivity index (χ1) is 8.65. The van der Waals surface area contributed by atoms with Gasteiger partial charge in [-0.3, -0.25) is 4.40 Å². The minimum Gasteiger partial charge on any atom is -0.398 e. The summed E-state index contributed by atoms with van der Waals surface area (Å²) < 4.78 is 3.82. The van der Waals surface area contributed by atoms with Gasteiger partial charge in [0.15, 0.2) is 11.5 Å². The van der Waals surface area contributed by atoms with E-state index in [1.54, 1.807) is 0 Å². The van der Waals surface area contributed by atoms with Crippen LogP contribution in [-0.4, -0.2) is 14.6 Å². The third kappa shape index (κ3) is 1.91. The molecular weight excluding hydrogens is 360 g/mol. The molecule has 0 bridgehead atoms. The van der Waals surface area contributed by atoms with Crippen LogP contribution in [0.15, 0.2) is 45.5 Å². The first-order valence-electron chi connectivity index (χ1n) is 5.21. The van der Waals surface area contributed by atoms with Gasteiger partial charge in [0.1, 0.15) is 0 Å². The molecule has 3 aromatic rings. The zero-order valence-electron chi connectivity index (χ0n) is 9.14. The Morgan fingerprint density at radius 2 is 1.78 bits per heavy atom. The van der Waals surface area contributed by atoms with Crippen LogP contribution in [0.25, 0.3) is 17.0 Å². The average molecular weight is 368 g/mol. The summed E-state index contributed by atoms with van der Waals surface area (Å²) >= 11 is 6.88. The van der Waals surface area contributed by atoms with E-state index in [9.17, 15) is 0 Å². The van der Waals surface area contributed by atoms with E-state index in [0.717, 1.165) is 26.0 Å². The molecule has 6 heteroatoms. The van der Waals surface area contributed by atoms with Crippen LogP contribution < -0.4 is 5.73 Å². The third-order valence-electron chi connectivity index (χ3n) is 2.62. The number of pyridine rings is 1. The minimum atomic E-state index is 0.674. The number of hydrogen-bond acceptors (Lipinski definition) is 3. The van der Waals surface area contributed by atoms with Gasteiger partial charge in [-0.15, -0.1) is 10.2 Å². The molecule has 4 nitrogen and oxygen atoms in total. The predicted molar refractivity (Wildman–Crippen MR) is 78.2 cm³/mol. The molecule has 0 aliphatic carbocycles. The number of hydrogen-bond donors (Lipinski definition) is 1. The highest BCUT2D eigenvalue weighted by atomic mass is 79.9. The molecule has 0 amide bonds. The van der Waals surface area contributed by atoms with Gasteiger partial charge in [-0.05, 0) is 46.3 Å². The van der Waals surface area contributed by atoms with Crippen molar-refractivity contribution in [3.05, 3.63) is 45.5 Å². The normalized spacial score (nSPS) is 11.0. The molecular formula is C12H8Br2N4. The Morgan fingerprint density at radius 3 is 2.61 bits per heavy atom. The Labute approximate surface area is 120 Å². The summed E-state index contributed by atoms with van der Waals surface area (Å²) in [4.78, 5) is 0. The Kier molecular flexibility index (Phi) is 2.83. The van der Waals surface area contributed by atoms with Crippen LogP contribution in [0.2, 0.25) is 0 Å². The highest BCUT2D eigenvalue weighted by molar-refractivity contribution is 9.10. The lowest BCUT2D eigenvalue weighted by molar-refractivity contribution is 1.11. The van der Waals surface area contributed by atoms with Gasteiger partial charge in [-0.25, -0.2) is 0 Å². The van der Waals surface area contributed by atoms with Crippen LogP contribution in [0.4, 0.5) is 5.69 Å². The topological polar surface area (TPSA) is 56.2 Å².